The third-order valence-corrected chi connectivity index (χ3v) is 3.41. The van der Waals surface area contributed by atoms with Crippen LogP contribution >= 0.6 is 0 Å². The number of nitrogens with one attached hydrogen (secondary N) is 1. The summed E-state index contributed by atoms with van der Waals surface area (Å²) in [5.74, 6) is 0.944. The van der Waals surface area contributed by atoms with Gasteiger partial charge in [-0.15, -0.1) is 5.10 Å². The van der Waals surface area contributed by atoms with Crippen molar-refractivity contribution in [2.24, 2.45) is 0 Å². The number of aromatic nitrogens is 2. The van der Waals surface area contributed by atoms with E-state index in [-0.39, 0.29) is 18.3 Å². The third kappa shape index (κ3) is 4.19. The van der Waals surface area contributed by atoms with E-state index in [0.29, 0.717) is 18.1 Å². The Labute approximate surface area is 139 Å². The summed E-state index contributed by atoms with van der Waals surface area (Å²) in [6.45, 7) is 0. The Kier molecular flexibility index (Phi) is 4.86. The molecule has 122 valence electrons. The lowest BCUT2D eigenvalue weighted by Gasteiger charge is -2.04. The Morgan fingerprint density at radius 1 is 1.08 bits per heavy atom. The number of benzene rings is 2. The summed E-state index contributed by atoms with van der Waals surface area (Å²) < 4.78 is 10.6. The van der Waals surface area contributed by atoms with Gasteiger partial charge in [0.05, 0.1) is 20.0 Å². The monoisotopic (exact) mass is 323 g/mol. The van der Waals surface area contributed by atoms with Crippen LogP contribution in [0.4, 0.5) is 6.01 Å². The summed E-state index contributed by atoms with van der Waals surface area (Å²) >= 11 is 0. The van der Waals surface area contributed by atoms with E-state index in [0.717, 1.165) is 11.1 Å². The van der Waals surface area contributed by atoms with Crippen molar-refractivity contribution in [2.75, 3.05) is 12.4 Å². The van der Waals surface area contributed by atoms with Crippen molar-refractivity contribution in [1.82, 2.24) is 10.2 Å². The fraction of sp³-hybridized carbons (Fsp3) is 0.167. The molecule has 6 nitrogen and oxygen atoms in total. The predicted octanol–water partition coefficient (Wildman–Crippen LogP) is 2.85. The van der Waals surface area contributed by atoms with E-state index in [4.69, 9.17) is 9.15 Å². The van der Waals surface area contributed by atoms with Gasteiger partial charge in [0.1, 0.15) is 5.75 Å². The number of hydrogen-bond acceptors (Lipinski definition) is 5. The van der Waals surface area contributed by atoms with Gasteiger partial charge in [-0.3, -0.25) is 10.1 Å². The van der Waals surface area contributed by atoms with Gasteiger partial charge < -0.3 is 9.15 Å². The van der Waals surface area contributed by atoms with Crippen LogP contribution in [0, 0.1) is 0 Å². The molecule has 0 bridgehead atoms. The van der Waals surface area contributed by atoms with Crippen LogP contribution < -0.4 is 10.1 Å². The topological polar surface area (TPSA) is 77.2 Å². The van der Waals surface area contributed by atoms with Gasteiger partial charge in [-0.25, -0.2) is 0 Å². The number of nitrogens with zero attached hydrogens (tertiary/aromatic N) is 2. The number of carbonyl (C=O) groups excluding carboxylic acids is 1. The van der Waals surface area contributed by atoms with Gasteiger partial charge in [0.15, 0.2) is 0 Å². The van der Waals surface area contributed by atoms with Crippen molar-refractivity contribution in [2.45, 2.75) is 12.8 Å². The molecule has 3 rings (SSSR count). The van der Waals surface area contributed by atoms with Crippen molar-refractivity contribution in [1.29, 1.82) is 0 Å². The molecule has 24 heavy (non-hydrogen) atoms. The molecule has 0 spiro atoms. The Morgan fingerprint density at radius 2 is 1.88 bits per heavy atom. The maximum atomic E-state index is 12.1. The maximum absolute atomic E-state index is 12.1. The molecule has 1 amide bonds. The van der Waals surface area contributed by atoms with Crippen LogP contribution in [-0.2, 0) is 17.6 Å². The minimum absolute atomic E-state index is 0.105. The molecule has 0 unspecified atom stereocenters. The van der Waals surface area contributed by atoms with Crippen LogP contribution in [0.3, 0.4) is 0 Å². The molecule has 0 atom stereocenters. The average Bonchev–Trinajstić information content (AvgIpc) is 3.02. The van der Waals surface area contributed by atoms with Gasteiger partial charge >= 0.3 is 6.01 Å². The second kappa shape index (κ2) is 7.41. The first-order valence-electron chi connectivity index (χ1n) is 7.52. The van der Waals surface area contributed by atoms with E-state index in [1.807, 2.05) is 54.6 Å². The summed E-state index contributed by atoms with van der Waals surface area (Å²) in [7, 11) is 1.59. The van der Waals surface area contributed by atoms with Crippen LogP contribution in [0.25, 0.3) is 0 Å². The van der Waals surface area contributed by atoms with Crippen LogP contribution in [0.5, 0.6) is 5.75 Å². The summed E-state index contributed by atoms with van der Waals surface area (Å²) in [4.78, 5) is 12.1. The highest BCUT2D eigenvalue weighted by Gasteiger charge is 2.11. The molecular formula is C18H17N3O3. The van der Waals surface area contributed by atoms with Crippen LogP contribution in [0.15, 0.2) is 59.0 Å². The average molecular weight is 323 g/mol. The largest absolute Gasteiger partial charge is 0.497 e. The standard InChI is InChI=1S/C18H17N3O3/c1-23-15-9-5-8-14(10-15)11-16(22)19-18-21-20-17(24-18)12-13-6-3-2-4-7-13/h2-10H,11-12H2,1H3,(H,19,21,22). The number of rotatable bonds is 6. The van der Waals surface area contributed by atoms with E-state index in [9.17, 15) is 4.79 Å². The highest BCUT2D eigenvalue weighted by Crippen LogP contribution is 2.14. The molecule has 0 fully saturated rings. The molecule has 2 aromatic carbocycles. The summed E-state index contributed by atoms with van der Waals surface area (Å²) in [6.07, 6.45) is 0.729. The predicted molar refractivity (Wildman–Crippen MR) is 88.9 cm³/mol. The van der Waals surface area contributed by atoms with E-state index in [1.54, 1.807) is 7.11 Å². The minimum atomic E-state index is -0.224. The highest BCUT2D eigenvalue weighted by atomic mass is 16.5. The minimum Gasteiger partial charge on any atom is -0.497 e. The SMILES string of the molecule is COc1cccc(CC(=O)Nc2nnc(Cc3ccccc3)o2)c1. The first kappa shape index (κ1) is 15.7. The molecule has 1 heterocycles. The number of hydrogen-bond donors (Lipinski definition) is 1. The second-order valence-electron chi connectivity index (χ2n) is 5.24. The molecule has 0 aliphatic carbocycles. The molecular weight excluding hydrogens is 306 g/mol. The molecule has 3 aromatic rings. The van der Waals surface area contributed by atoms with Crippen LogP contribution in [-0.4, -0.2) is 23.2 Å². The van der Waals surface area contributed by atoms with Gasteiger partial charge in [-0.05, 0) is 23.3 Å². The van der Waals surface area contributed by atoms with Gasteiger partial charge in [0.25, 0.3) is 0 Å². The zero-order valence-electron chi connectivity index (χ0n) is 13.2. The van der Waals surface area contributed by atoms with Crippen molar-refractivity contribution in [3.8, 4) is 5.75 Å². The number of amides is 1. The Hall–Kier alpha value is -3.15. The lowest BCUT2D eigenvalue weighted by atomic mass is 10.1. The smallest absolute Gasteiger partial charge is 0.322 e. The fourth-order valence-corrected chi connectivity index (χ4v) is 2.28. The van der Waals surface area contributed by atoms with Crippen molar-refractivity contribution in [3.63, 3.8) is 0 Å². The molecule has 0 aliphatic rings. The van der Waals surface area contributed by atoms with Crippen LogP contribution in [0.2, 0.25) is 0 Å². The van der Waals surface area contributed by atoms with Gasteiger partial charge in [0, 0.05) is 0 Å². The lowest BCUT2D eigenvalue weighted by Crippen LogP contribution is -2.14. The first-order chi connectivity index (χ1) is 11.7. The maximum Gasteiger partial charge on any atom is 0.322 e. The molecule has 0 saturated heterocycles. The quantitative estimate of drug-likeness (QED) is 0.755. The zero-order valence-corrected chi connectivity index (χ0v) is 13.2. The van der Waals surface area contributed by atoms with Crippen LogP contribution in [0.1, 0.15) is 17.0 Å². The Morgan fingerprint density at radius 3 is 2.67 bits per heavy atom. The molecule has 6 heteroatoms. The van der Waals surface area contributed by atoms with Gasteiger partial charge in [-0.1, -0.05) is 47.6 Å². The lowest BCUT2D eigenvalue weighted by molar-refractivity contribution is -0.115. The molecule has 0 radical (unpaired) electrons. The summed E-state index contributed by atoms with van der Waals surface area (Å²) in [5.41, 5.74) is 1.91. The van der Waals surface area contributed by atoms with E-state index < -0.39 is 0 Å². The molecule has 1 N–H and O–H groups in total. The normalized spacial score (nSPS) is 10.4. The Balaban J connectivity index is 1.58. The highest BCUT2D eigenvalue weighted by molar-refractivity contribution is 5.90. The molecule has 0 saturated carbocycles. The van der Waals surface area contributed by atoms with Crippen molar-refractivity contribution < 1.29 is 13.9 Å². The third-order valence-electron chi connectivity index (χ3n) is 3.41. The van der Waals surface area contributed by atoms with Gasteiger partial charge in [0.2, 0.25) is 11.8 Å². The van der Waals surface area contributed by atoms with Crippen molar-refractivity contribution >= 4 is 11.9 Å². The number of ether oxygens (including phenoxy) is 1. The fourth-order valence-electron chi connectivity index (χ4n) is 2.28. The van der Waals surface area contributed by atoms with E-state index >= 15 is 0 Å². The van der Waals surface area contributed by atoms with E-state index in [1.165, 1.54) is 0 Å². The Bertz CT molecular complexity index is 815. The van der Waals surface area contributed by atoms with E-state index in [2.05, 4.69) is 15.5 Å². The zero-order chi connectivity index (χ0) is 16.8. The molecule has 1 aromatic heterocycles. The van der Waals surface area contributed by atoms with Gasteiger partial charge in [-0.2, -0.15) is 0 Å². The number of anilines is 1. The summed E-state index contributed by atoms with van der Waals surface area (Å²) in [6, 6.07) is 17.2. The summed E-state index contributed by atoms with van der Waals surface area (Å²) in [5, 5.41) is 10.4. The second-order valence-corrected chi connectivity index (χ2v) is 5.24. The number of carbonyl (C=O) groups is 1. The number of methoxy groups -OCH3 is 1. The first-order valence-corrected chi connectivity index (χ1v) is 7.52. The molecule has 0 aliphatic heterocycles. The van der Waals surface area contributed by atoms with Crippen molar-refractivity contribution in [3.05, 3.63) is 71.6 Å².